The number of nitrogens with zero attached hydrogens (tertiary/aromatic N) is 4. The quantitative estimate of drug-likeness (QED) is 0.553. The number of benzene rings is 1. The van der Waals surface area contributed by atoms with E-state index in [-0.39, 0.29) is 6.03 Å². The zero-order chi connectivity index (χ0) is 23.8. The summed E-state index contributed by atoms with van der Waals surface area (Å²) in [5.74, 6) is 0.806. The molecule has 2 amide bonds. The van der Waals surface area contributed by atoms with Gasteiger partial charge in [0.05, 0.1) is 12.8 Å². The lowest BCUT2D eigenvalue weighted by molar-refractivity contribution is 0.210. The molecule has 0 unspecified atom stereocenters. The summed E-state index contributed by atoms with van der Waals surface area (Å²) in [5, 5.41) is 5.66. The van der Waals surface area contributed by atoms with Gasteiger partial charge in [-0.15, -0.1) is 11.3 Å². The van der Waals surface area contributed by atoms with Gasteiger partial charge in [-0.1, -0.05) is 19.4 Å². The number of rotatable bonds is 9. The first kappa shape index (κ1) is 24.9. The van der Waals surface area contributed by atoms with Gasteiger partial charge in [0.25, 0.3) is 0 Å². The second-order valence-corrected chi connectivity index (χ2v) is 10.2. The molecule has 1 aromatic carbocycles. The van der Waals surface area contributed by atoms with E-state index in [1.165, 1.54) is 55.8 Å². The molecule has 0 bridgehead atoms. The van der Waals surface area contributed by atoms with Gasteiger partial charge < -0.3 is 19.4 Å². The third kappa shape index (κ3) is 6.71. The molecular weight excluding hydrogens is 446 g/mol. The van der Waals surface area contributed by atoms with E-state index in [0.29, 0.717) is 5.13 Å². The van der Waals surface area contributed by atoms with Crippen molar-refractivity contribution in [1.29, 1.82) is 0 Å². The van der Waals surface area contributed by atoms with E-state index in [1.54, 1.807) is 7.11 Å². The Morgan fingerprint density at radius 2 is 1.82 bits per heavy atom. The number of hydrogen-bond donors (Lipinski definition) is 1. The fourth-order valence-corrected chi connectivity index (χ4v) is 5.65. The third-order valence-electron chi connectivity index (χ3n) is 6.82. The number of ether oxygens (including phenoxy) is 1. The van der Waals surface area contributed by atoms with Crippen molar-refractivity contribution in [3.05, 3.63) is 29.1 Å². The molecule has 0 atom stereocenters. The van der Waals surface area contributed by atoms with E-state index >= 15 is 0 Å². The lowest BCUT2D eigenvalue weighted by atomic mass is 10.0. The Bertz CT molecular complexity index is 928. The molecule has 0 radical (unpaired) electrons. The largest absolute Gasteiger partial charge is 0.496 e. The minimum Gasteiger partial charge on any atom is -0.496 e. The highest BCUT2D eigenvalue weighted by Crippen LogP contribution is 2.33. The van der Waals surface area contributed by atoms with Crippen LogP contribution in [0.1, 0.15) is 44.6 Å². The van der Waals surface area contributed by atoms with Crippen LogP contribution in [0.15, 0.2) is 23.6 Å². The lowest BCUT2D eigenvalue weighted by Crippen LogP contribution is -2.38. The van der Waals surface area contributed by atoms with E-state index < -0.39 is 0 Å². The molecule has 4 rings (SSSR count). The Morgan fingerprint density at radius 1 is 1.06 bits per heavy atom. The molecule has 0 spiro atoms. The van der Waals surface area contributed by atoms with E-state index in [0.717, 1.165) is 69.0 Å². The number of methoxy groups -OCH3 is 1. The van der Waals surface area contributed by atoms with Gasteiger partial charge in [-0.05, 0) is 82.5 Å². The summed E-state index contributed by atoms with van der Waals surface area (Å²) in [5.41, 5.74) is 3.09. The summed E-state index contributed by atoms with van der Waals surface area (Å²) in [4.78, 5) is 24.7. The fourth-order valence-electron chi connectivity index (χ4n) is 4.95. The van der Waals surface area contributed by atoms with Crippen LogP contribution in [0, 0.1) is 0 Å². The van der Waals surface area contributed by atoms with Crippen molar-refractivity contribution in [2.24, 2.45) is 0 Å². The Hall–Kier alpha value is -2.16. The minimum atomic E-state index is -0.0495. The number of anilines is 1. The van der Waals surface area contributed by atoms with E-state index in [9.17, 15) is 4.79 Å². The van der Waals surface area contributed by atoms with E-state index in [2.05, 4.69) is 34.2 Å². The van der Waals surface area contributed by atoms with Gasteiger partial charge in [-0.25, -0.2) is 9.78 Å². The molecule has 186 valence electrons. The van der Waals surface area contributed by atoms with Gasteiger partial charge in [0.2, 0.25) is 0 Å². The van der Waals surface area contributed by atoms with Crippen LogP contribution in [0.3, 0.4) is 0 Å². The maximum atomic E-state index is 13.0. The maximum Gasteiger partial charge on any atom is 0.323 e. The summed E-state index contributed by atoms with van der Waals surface area (Å²) in [6.45, 7) is 10.6. The number of hydrogen-bond acceptors (Lipinski definition) is 6. The smallest absolute Gasteiger partial charge is 0.323 e. The van der Waals surface area contributed by atoms with E-state index in [4.69, 9.17) is 9.72 Å². The number of urea groups is 1. The van der Waals surface area contributed by atoms with Crippen molar-refractivity contribution >= 4 is 22.5 Å². The molecule has 2 aliphatic rings. The molecule has 2 saturated heterocycles. The molecule has 1 aromatic heterocycles. The Morgan fingerprint density at radius 3 is 2.59 bits per heavy atom. The zero-order valence-corrected chi connectivity index (χ0v) is 21.5. The second kappa shape index (κ2) is 12.5. The average Bonchev–Trinajstić information content (AvgIpc) is 3.47. The summed E-state index contributed by atoms with van der Waals surface area (Å²) >= 11 is 1.46. The van der Waals surface area contributed by atoms with Crippen LogP contribution in [0.4, 0.5) is 9.93 Å². The first-order valence-corrected chi connectivity index (χ1v) is 13.7. The highest BCUT2D eigenvalue weighted by atomic mass is 32.1. The normalized spacial score (nSPS) is 17.6. The van der Waals surface area contributed by atoms with Crippen molar-refractivity contribution in [3.63, 3.8) is 0 Å². The SMILES string of the molecule is CCCc1ccc(OC)c(-c2csc(NC(=O)N3CCCN(CCCN4CCCC4)CC3)n2)c1. The number of thiazole rings is 1. The standard InChI is InChI=1S/C26H39N5O2S/c1-3-8-21-9-10-24(33-2)22(19-21)23-20-34-25(27-23)28-26(32)31-16-7-15-30(17-18-31)14-6-13-29-11-4-5-12-29/h9-10,19-20H,3-8,11-18H2,1-2H3,(H,27,28,32). The van der Waals surface area contributed by atoms with Crippen molar-refractivity contribution in [2.45, 2.75) is 45.4 Å². The number of aromatic nitrogens is 1. The molecule has 2 aliphatic heterocycles. The monoisotopic (exact) mass is 485 g/mol. The minimum absolute atomic E-state index is 0.0495. The average molecular weight is 486 g/mol. The lowest BCUT2D eigenvalue weighted by Gasteiger charge is -2.23. The molecule has 3 heterocycles. The highest BCUT2D eigenvalue weighted by Gasteiger charge is 2.21. The highest BCUT2D eigenvalue weighted by molar-refractivity contribution is 7.14. The van der Waals surface area contributed by atoms with Crippen LogP contribution in [-0.4, -0.2) is 85.2 Å². The molecule has 0 aliphatic carbocycles. The Balaban J connectivity index is 1.29. The van der Waals surface area contributed by atoms with Gasteiger partial charge in [0.1, 0.15) is 5.75 Å². The van der Waals surface area contributed by atoms with Crippen LogP contribution in [0.2, 0.25) is 0 Å². The first-order valence-electron chi connectivity index (χ1n) is 12.8. The van der Waals surface area contributed by atoms with Gasteiger partial charge in [0.15, 0.2) is 5.13 Å². The number of nitrogens with one attached hydrogen (secondary N) is 1. The summed E-state index contributed by atoms with van der Waals surface area (Å²) in [6, 6.07) is 6.21. The number of amides is 2. The van der Waals surface area contributed by atoms with Gasteiger partial charge >= 0.3 is 6.03 Å². The molecule has 34 heavy (non-hydrogen) atoms. The van der Waals surface area contributed by atoms with Crippen LogP contribution in [-0.2, 0) is 6.42 Å². The summed E-state index contributed by atoms with van der Waals surface area (Å²) in [6.07, 6.45) is 7.06. The molecule has 1 N–H and O–H groups in total. The van der Waals surface area contributed by atoms with Gasteiger partial charge in [-0.3, -0.25) is 5.32 Å². The topological polar surface area (TPSA) is 60.9 Å². The number of aryl methyl sites for hydroxylation is 1. The predicted octanol–water partition coefficient (Wildman–Crippen LogP) is 4.80. The maximum absolute atomic E-state index is 13.0. The Kier molecular flexibility index (Phi) is 9.18. The van der Waals surface area contributed by atoms with Crippen LogP contribution in [0.5, 0.6) is 5.75 Å². The molecule has 0 saturated carbocycles. The van der Waals surface area contributed by atoms with Crippen LogP contribution in [0.25, 0.3) is 11.3 Å². The molecule has 7 nitrogen and oxygen atoms in total. The van der Waals surface area contributed by atoms with Crippen molar-refractivity contribution in [3.8, 4) is 17.0 Å². The van der Waals surface area contributed by atoms with E-state index in [1.807, 2.05) is 16.3 Å². The van der Waals surface area contributed by atoms with Crippen molar-refractivity contribution in [2.75, 3.05) is 64.8 Å². The number of carbonyl (C=O) groups excluding carboxylic acids is 1. The summed E-state index contributed by atoms with van der Waals surface area (Å²) < 4.78 is 5.56. The molecule has 2 fully saturated rings. The number of carbonyl (C=O) groups is 1. The van der Waals surface area contributed by atoms with Gasteiger partial charge in [0, 0.05) is 30.6 Å². The molecular formula is C26H39N5O2S. The fraction of sp³-hybridized carbons (Fsp3) is 0.615. The first-order chi connectivity index (χ1) is 16.7. The van der Waals surface area contributed by atoms with Gasteiger partial charge in [-0.2, -0.15) is 0 Å². The molecule has 8 heteroatoms. The van der Waals surface area contributed by atoms with Crippen molar-refractivity contribution in [1.82, 2.24) is 19.7 Å². The molecule has 2 aromatic rings. The third-order valence-corrected chi connectivity index (χ3v) is 7.58. The Labute approximate surface area is 208 Å². The predicted molar refractivity (Wildman–Crippen MR) is 140 cm³/mol. The number of likely N-dealkylation sites (tertiary alicyclic amines) is 1. The van der Waals surface area contributed by atoms with Crippen LogP contribution < -0.4 is 10.1 Å². The summed E-state index contributed by atoms with van der Waals surface area (Å²) in [7, 11) is 1.68. The second-order valence-electron chi connectivity index (χ2n) is 9.34. The zero-order valence-electron chi connectivity index (χ0n) is 20.7. The van der Waals surface area contributed by atoms with Crippen molar-refractivity contribution < 1.29 is 9.53 Å². The van der Waals surface area contributed by atoms with Crippen LogP contribution >= 0.6 is 11.3 Å².